The molecule has 0 aliphatic rings. The molecule has 9 heteroatoms. The van der Waals surface area contributed by atoms with Crippen LogP contribution in [0.1, 0.15) is 116 Å². The van der Waals surface area contributed by atoms with E-state index >= 15 is 0 Å². The zero-order valence-electron chi connectivity index (χ0n) is 22.1. The highest BCUT2D eigenvalue weighted by Crippen LogP contribution is 2.39. The molecule has 0 fully saturated rings. The van der Waals surface area contributed by atoms with Crippen LogP contribution in [0.3, 0.4) is 0 Å². The molecule has 1 aromatic rings. The van der Waals surface area contributed by atoms with Crippen molar-refractivity contribution in [3.8, 4) is 0 Å². The normalized spacial score (nSPS) is 17.1. The van der Waals surface area contributed by atoms with E-state index in [9.17, 15) is 19.6 Å². The number of unbranched alkanes of at least 4 members (excludes halogenated alkanes) is 6. The zero-order valence-corrected chi connectivity index (χ0v) is 24.9. The van der Waals surface area contributed by atoms with Crippen LogP contribution in [0.25, 0.3) is 0 Å². The first kappa shape index (κ1) is 33.5. The summed E-state index contributed by atoms with van der Waals surface area (Å²) in [5.74, 6) is -2.94. The van der Waals surface area contributed by atoms with E-state index in [2.05, 4.69) is 26.5 Å². The Hall–Kier alpha value is -0.560. The van der Waals surface area contributed by atoms with Gasteiger partial charge in [0.1, 0.15) is 13.9 Å². The average molecular weight is 565 g/mol. The number of ether oxygens (including phenoxy) is 2. The number of benzene rings is 1. The molecule has 1 aromatic carbocycles. The van der Waals surface area contributed by atoms with Gasteiger partial charge in [0.25, 0.3) is 0 Å². The van der Waals surface area contributed by atoms with Crippen LogP contribution in [0.4, 0.5) is 0 Å². The van der Waals surface area contributed by atoms with Gasteiger partial charge in [0, 0.05) is 11.4 Å². The Labute approximate surface area is 229 Å². The highest BCUT2D eigenvalue weighted by atomic mass is 35.5. The summed E-state index contributed by atoms with van der Waals surface area (Å²) in [5, 5.41) is 20.7. The summed E-state index contributed by atoms with van der Waals surface area (Å²) in [5.41, 5.74) is -2.16. The maximum absolute atomic E-state index is 11.7. The van der Waals surface area contributed by atoms with E-state index in [1.165, 1.54) is 25.7 Å². The molecule has 2 N–H and O–H groups in total. The largest absolute Gasteiger partial charge is 0.477 e. The number of carboxylic acid groups (broad SMARTS) is 1. The van der Waals surface area contributed by atoms with Gasteiger partial charge in [-0.2, -0.15) is 0 Å². The second-order valence-corrected chi connectivity index (χ2v) is 11.6. The Balaban J connectivity index is 2.97. The topological polar surface area (TPSA) is 93.1 Å². The molecular formula is C27H46ClO6PS. The number of aliphatic carboxylic acids is 1. The third-order valence-electron chi connectivity index (χ3n) is 6.60. The van der Waals surface area contributed by atoms with Gasteiger partial charge in [-0.1, -0.05) is 95.9 Å². The van der Waals surface area contributed by atoms with Gasteiger partial charge < -0.3 is 24.3 Å². The molecule has 208 valence electrons. The minimum Gasteiger partial charge on any atom is -0.477 e. The molecule has 36 heavy (non-hydrogen) atoms. The highest BCUT2D eigenvalue weighted by molar-refractivity contribution is 7.80. The van der Waals surface area contributed by atoms with Crippen LogP contribution in [-0.2, 0) is 18.8 Å². The summed E-state index contributed by atoms with van der Waals surface area (Å²) in [6.45, 7) is 6.12. The maximum Gasteiger partial charge on any atom is 0.371 e. The third-order valence-corrected chi connectivity index (χ3v) is 7.90. The molecule has 5 unspecified atom stereocenters. The van der Waals surface area contributed by atoms with E-state index in [-0.39, 0.29) is 12.3 Å². The van der Waals surface area contributed by atoms with E-state index in [1.54, 1.807) is 0 Å². The minimum absolute atomic E-state index is 0.171. The van der Waals surface area contributed by atoms with Crippen molar-refractivity contribution in [2.75, 3.05) is 0 Å². The molecule has 0 aromatic heterocycles. The quantitative estimate of drug-likeness (QED) is 0.0605. The third kappa shape index (κ3) is 11.9. The van der Waals surface area contributed by atoms with Crippen molar-refractivity contribution >= 4 is 38.7 Å². The lowest BCUT2D eigenvalue weighted by molar-refractivity contribution is -0.318. The molecule has 0 saturated carbocycles. The summed E-state index contributed by atoms with van der Waals surface area (Å²) < 4.78 is 23.7. The molecular weight excluding hydrogens is 519 g/mol. The predicted octanol–water partition coefficient (Wildman–Crippen LogP) is 8.03. The SMILES string of the molecule is CCCCCCCCCC(S)OC(CC)(CCC(CCC)c1ccc(Cl)cc1)OC(O)([PH2]=O)C(=O)O. The van der Waals surface area contributed by atoms with Crippen LogP contribution in [0.2, 0.25) is 5.02 Å². The number of hydrogen-bond acceptors (Lipinski definition) is 6. The summed E-state index contributed by atoms with van der Waals surface area (Å²) in [6, 6.07) is 7.70. The average Bonchev–Trinajstić information content (AvgIpc) is 2.86. The number of thiol groups is 1. The molecule has 0 heterocycles. The molecule has 0 spiro atoms. The van der Waals surface area contributed by atoms with Gasteiger partial charge in [0.15, 0.2) is 5.79 Å². The summed E-state index contributed by atoms with van der Waals surface area (Å²) in [7, 11) is -2.16. The van der Waals surface area contributed by atoms with E-state index in [1.807, 2.05) is 31.2 Å². The van der Waals surface area contributed by atoms with E-state index in [0.29, 0.717) is 24.3 Å². The Morgan fingerprint density at radius 3 is 2.14 bits per heavy atom. The van der Waals surface area contributed by atoms with E-state index in [0.717, 1.165) is 37.7 Å². The first-order chi connectivity index (χ1) is 17.1. The van der Waals surface area contributed by atoms with Crippen molar-refractivity contribution in [3.05, 3.63) is 34.9 Å². The summed E-state index contributed by atoms with van der Waals surface area (Å²) >= 11 is 10.7. The molecule has 0 bridgehead atoms. The molecule has 0 aliphatic heterocycles. The Morgan fingerprint density at radius 1 is 1.00 bits per heavy atom. The van der Waals surface area contributed by atoms with Crippen molar-refractivity contribution < 1.29 is 29.0 Å². The molecule has 1 rings (SSSR count). The van der Waals surface area contributed by atoms with Crippen LogP contribution in [0, 0.1) is 0 Å². The van der Waals surface area contributed by atoms with Gasteiger partial charge in [-0.15, -0.1) is 12.6 Å². The van der Waals surface area contributed by atoms with Crippen molar-refractivity contribution in [1.82, 2.24) is 0 Å². The van der Waals surface area contributed by atoms with E-state index in [4.69, 9.17) is 21.1 Å². The Morgan fingerprint density at radius 2 is 1.61 bits per heavy atom. The Bertz CT molecular complexity index is 767. The monoisotopic (exact) mass is 564 g/mol. The fraction of sp³-hybridized carbons (Fsp3) is 0.741. The Kier molecular flexibility index (Phi) is 16.6. The van der Waals surface area contributed by atoms with Gasteiger partial charge in [-0.05, 0) is 49.3 Å². The van der Waals surface area contributed by atoms with Crippen LogP contribution < -0.4 is 0 Å². The number of rotatable bonds is 21. The molecule has 6 nitrogen and oxygen atoms in total. The first-order valence-electron chi connectivity index (χ1n) is 13.4. The second kappa shape index (κ2) is 17.9. The number of carboxylic acids is 1. The van der Waals surface area contributed by atoms with Gasteiger partial charge in [-0.3, -0.25) is 0 Å². The van der Waals surface area contributed by atoms with Crippen LogP contribution in [0.5, 0.6) is 0 Å². The van der Waals surface area contributed by atoms with Crippen molar-refractivity contribution in [2.45, 2.75) is 127 Å². The lowest BCUT2D eigenvalue weighted by Crippen LogP contribution is -2.49. The van der Waals surface area contributed by atoms with Crippen molar-refractivity contribution in [1.29, 1.82) is 0 Å². The van der Waals surface area contributed by atoms with Gasteiger partial charge in [0.05, 0.1) is 0 Å². The second-order valence-electron chi connectivity index (χ2n) is 9.54. The number of hydrogen-bond donors (Lipinski definition) is 3. The first-order valence-corrected chi connectivity index (χ1v) is 15.3. The molecule has 0 amide bonds. The van der Waals surface area contributed by atoms with Crippen molar-refractivity contribution in [2.24, 2.45) is 0 Å². The number of aliphatic hydroxyl groups is 1. The van der Waals surface area contributed by atoms with Crippen LogP contribution >= 0.6 is 32.7 Å². The van der Waals surface area contributed by atoms with Gasteiger partial charge >= 0.3 is 11.5 Å². The predicted molar refractivity (Wildman–Crippen MR) is 152 cm³/mol. The summed E-state index contributed by atoms with van der Waals surface area (Å²) in [4.78, 5) is 11.7. The molecule has 0 radical (unpaired) electrons. The maximum atomic E-state index is 11.7. The fourth-order valence-electron chi connectivity index (χ4n) is 4.41. The standard InChI is InChI=1S/C27H46ClO6PS/c1-4-7-8-9-10-11-12-14-24(36)33-26(6-3,34-27(31,35-32)25(29)30)20-19-21(13-5-2)22-15-17-23(28)18-16-22/h15-18,21,24,31,36H,4-14,19-20,35H2,1-3H3,(H,29,30). The summed E-state index contributed by atoms with van der Waals surface area (Å²) in [6.07, 6.45) is 11.9. The van der Waals surface area contributed by atoms with Gasteiger partial charge in [-0.25, -0.2) is 4.79 Å². The number of carbonyl (C=O) groups is 1. The molecule has 0 aliphatic carbocycles. The lowest BCUT2D eigenvalue weighted by Gasteiger charge is -2.39. The highest BCUT2D eigenvalue weighted by Gasteiger charge is 2.46. The fourth-order valence-corrected chi connectivity index (χ4v) is 5.27. The van der Waals surface area contributed by atoms with E-state index < -0.39 is 31.2 Å². The smallest absolute Gasteiger partial charge is 0.371 e. The van der Waals surface area contributed by atoms with Crippen molar-refractivity contribution in [3.63, 3.8) is 0 Å². The molecule has 5 atom stereocenters. The zero-order chi connectivity index (χ0) is 27.0. The van der Waals surface area contributed by atoms with Crippen LogP contribution in [-0.4, -0.2) is 32.9 Å². The van der Waals surface area contributed by atoms with Crippen LogP contribution in [0.15, 0.2) is 24.3 Å². The lowest BCUT2D eigenvalue weighted by atomic mass is 9.88. The molecule has 0 saturated heterocycles. The number of halogens is 1. The minimum atomic E-state index is -2.79. The van der Waals surface area contributed by atoms with Gasteiger partial charge in [0.2, 0.25) is 0 Å².